The lowest BCUT2D eigenvalue weighted by atomic mass is 10.1. The van der Waals surface area contributed by atoms with Crippen molar-refractivity contribution in [1.29, 1.82) is 0 Å². The first-order chi connectivity index (χ1) is 12.7. The summed E-state index contributed by atoms with van der Waals surface area (Å²) in [6.45, 7) is 6.14. The molecule has 1 atom stereocenters. The van der Waals surface area contributed by atoms with Gasteiger partial charge < -0.3 is 9.64 Å². The highest BCUT2D eigenvalue weighted by Gasteiger charge is 2.27. The maximum absolute atomic E-state index is 12.8. The highest BCUT2D eigenvalue weighted by atomic mass is 35.5. The van der Waals surface area contributed by atoms with Gasteiger partial charge in [0.25, 0.3) is 5.91 Å². The number of piperazine rings is 1. The molecule has 0 saturated carbocycles. The minimum atomic E-state index is -0.464. The van der Waals surface area contributed by atoms with E-state index in [1.807, 2.05) is 30.0 Å². The summed E-state index contributed by atoms with van der Waals surface area (Å²) in [4.78, 5) is 17.1. The van der Waals surface area contributed by atoms with E-state index in [4.69, 9.17) is 16.3 Å². The van der Waals surface area contributed by atoms with Crippen molar-refractivity contribution in [2.24, 2.45) is 0 Å². The second-order valence-corrected chi connectivity index (χ2v) is 7.00. The van der Waals surface area contributed by atoms with Gasteiger partial charge in [-0.05, 0) is 30.2 Å². The molecule has 26 heavy (non-hydrogen) atoms. The monoisotopic (exact) mass is 372 g/mol. The smallest absolute Gasteiger partial charge is 0.263 e. The standard InChI is InChI=1S/C21H25ClN2O2/c1-2-20(26-19-10-6-9-18(22)15-19)21(25)24-13-11-23(12-14-24)16-17-7-4-3-5-8-17/h3-10,15,20H,2,11-14,16H2,1H3/t20-/m1/s1. The molecule has 1 heterocycles. The minimum absolute atomic E-state index is 0.0619. The van der Waals surface area contributed by atoms with Gasteiger partial charge in [-0.15, -0.1) is 0 Å². The molecule has 3 rings (SSSR count). The Hall–Kier alpha value is -2.04. The van der Waals surface area contributed by atoms with E-state index in [1.54, 1.807) is 12.1 Å². The van der Waals surface area contributed by atoms with Gasteiger partial charge in [0.2, 0.25) is 0 Å². The van der Waals surface area contributed by atoms with E-state index in [0.717, 1.165) is 32.7 Å². The van der Waals surface area contributed by atoms with E-state index in [1.165, 1.54) is 5.56 Å². The molecule has 0 radical (unpaired) electrons. The molecule has 0 spiro atoms. The molecule has 0 N–H and O–H groups in total. The number of ether oxygens (including phenoxy) is 1. The second-order valence-electron chi connectivity index (χ2n) is 6.56. The van der Waals surface area contributed by atoms with Crippen molar-refractivity contribution in [2.45, 2.75) is 26.0 Å². The molecule has 0 aromatic heterocycles. The number of carbonyl (C=O) groups excluding carboxylic acids is 1. The van der Waals surface area contributed by atoms with Crippen LogP contribution in [0.25, 0.3) is 0 Å². The highest BCUT2D eigenvalue weighted by molar-refractivity contribution is 6.30. The molecule has 1 saturated heterocycles. The first kappa shape index (κ1) is 18.7. The molecule has 1 aliphatic rings. The quantitative estimate of drug-likeness (QED) is 0.772. The van der Waals surface area contributed by atoms with Crippen LogP contribution in [0, 0.1) is 0 Å². The average Bonchev–Trinajstić information content (AvgIpc) is 2.67. The number of amides is 1. The van der Waals surface area contributed by atoms with Crippen LogP contribution in [-0.2, 0) is 11.3 Å². The number of carbonyl (C=O) groups is 1. The number of benzene rings is 2. The molecule has 1 aliphatic heterocycles. The summed E-state index contributed by atoms with van der Waals surface area (Å²) >= 11 is 6.00. The van der Waals surface area contributed by atoms with Crippen molar-refractivity contribution in [3.05, 3.63) is 65.2 Å². The lowest BCUT2D eigenvalue weighted by Crippen LogP contribution is -2.52. The zero-order valence-electron chi connectivity index (χ0n) is 15.1. The minimum Gasteiger partial charge on any atom is -0.481 e. The normalized spacial score (nSPS) is 16.3. The zero-order chi connectivity index (χ0) is 18.4. The summed E-state index contributed by atoms with van der Waals surface area (Å²) in [6.07, 6.45) is 0.171. The largest absolute Gasteiger partial charge is 0.481 e. The van der Waals surface area contributed by atoms with Crippen molar-refractivity contribution >= 4 is 17.5 Å². The van der Waals surface area contributed by atoms with Crippen molar-refractivity contribution in [3.8, 4) is 5.75 Å². The van der Waals surface area contributed by atoms with E-state index in [9.17, 15) is 4.79 Å². The molecular weight excluding hydrogens is 348 g/mol. The fraction of sp³-hybridized carbons (Fsp3) is 0.381. The number of hydrogen-bond acceptors (Lipinski definition) is 3. The van der Waals surface area contributed by atoms with Crippen molar-refractivity contribution in [2.75, 3.05) is 26.2 Å². The highest BCUT2D eigenvalue weighted by Crippen LogP contribution is 2.20. The van der Waals surface area contributed by atoms with Gasteiger partial charge >= 0.3 is 0 Å². The third-order valence-corrected chi connectivity index (χ3v) is 4.89. The molecular formula is C21H25ClN2O2. The lowest BCUT2D eigenvalue weighted by molar-refractivity contribution is -0.140. The van der Waals surface area contributed by atoms with Crippen LogP contribution in [0.15, 0.2) is 54.6 Å². The summed E-state index contributed by atoms with van der Waals surface area (Å²) in [5.41, 5.74) is 1.31. The van der Waals surface area contributed by atoms with Gasteiger partial charge in [-0.25, -0.2) is 0 Å². The summed E-state index contributed by atoms with van der Waals surface area (Å²) in [6, 6.07) is 17.6. The number of nitrogens with zero attached hydrogens (tertiary/aromatic N) is 2. The summed E-state index contributed by atoms with van der Waals surface area (Å²) in [5, 5.41) is 0.610. The Balaban J connectivity index is 1.53. The van der Waals surface area contributed by atoms with Crippen LogP contribution in [0.5, 0.6) is 5.75 Å². The van der Waals surface area contributed by atoms with Gasteiger partial charge in [0.05, 0.1) is 0 Å². The molecule has 4 nitrogen and oxygen atoms in total. The number of hydrogen-bond donors (Lipinski definition) is 0. The molecule has 138 valence electrons. The van der Waals surface area contributed by atoms with Crippen molar-refractivity contribution < 1.29 is 9.53 Å². The number of halogens is 1. The van der Waals surface area contributed by atoms with Crippen molar-refractivity contribution in [3.63, 3.8) is 0 Å². The maximum Gasteiger partial charge on any atom is 0.263 e. The molecule has 2 aromatic rings. The van der Waals surface area contributed by atoms with Crippen LogP contribution >= 0.6 is 11.6 Å². The van der Waals surface area contributed by atoms with Gasteiger partial charge in [-0.2, -0.15) is 0 Å². The van der Waals surface area contributed by atoms with E-state index < -0.39 is 6.10 Å². The van der Waals surface area contributed by atoms with Crippen LogP contribution in [0.2, 0.25) is 5.02 Å². The third-order valence-electron chi connectivity index (χ3n) is 4.65. The Bertz CT molecular complexity index is 715. The summed E-state index contributed by atoms with van der Waals surface area (Å²) in [5.74, 6) is 0.701. The average molecular weight is 373 g/mol. The van der Waals surface area contributed by atoms with Crippen LogP contribution in [0.1, 0.15) is 18.9 Å². The Morgan fingerprint density at radius 3 is 2.46 bits per heavy atom. The fourth-order valence-corrected chi connectivity index (χ4v) is 3.36. The summed E-state index contributed by atoms with van der Waals surface area (Å²) in [7, 11) is 0. The molecule has 0 aliphatic carbocycles. The molecule has 1 fully saturated rings. The molecule has 5 heteroatoms. The van der Waals surface area contributed by atoms with Crippen LogP contribution in [0.4, 0.5) is 0 Å². The lowest BCUT2D eigenvalue weighted by Gasteiger charge is -2.36. The molecule has 1 amide bonds. The second kappa shape index (κ2) is 9.06. The molecule has 2 aromatic carbocycles. The topological polar surface area (TPSA) is 32.8 Å². The predicted octanol–water partition coefficient (Wildman–Crippen LogP) is 3.84. The maximum atomic E-state index is 12.8. The first-order valence-electron chi connectivity index (χ1n) is 9.13. The van der Waals surface area contributed by atoms with E-state index in [0.29, 0.717) is 17.2 Å². The third kappa shape index (κ3) is 4.99. The van der Waals surface area contributed by atoms with Gasteiger partial charge in [0, 0.05) is 37.7 Å². The van der Waals surface area contributed by atoms with E-state index in [2.05, 4.69) is 29.2 Å². The summed E-state index contributed by atoms with van der Waals surface area (Å²) < 4.78 is 5.89. The predicted molar refractivity (Wildman–Crippen MR) is 104 cm³/mol. The van der Waals surface area contributed by atoms with Crippen LogP contribution in [-0.4, -0.2) is 48.0 Å². The van der Waals surface area contributed by atoms with Crippen LogP contribution in [0.3, 0.4) is 0 Å². The molecule has 0 unspecified atom stereocenters. The Morgan fingerprint density at radius 1 is 1.08 bits per heavy atom. The Kier molecular flexibility index (Phi) is 6.53. The van der Waals surface area contributed by atoms with Crippen LogP contribution < -0.4 is 4.74 Å². The SMILES string of the molecule is CC[C@@H](Oc1cccc(Cl)c1)C(=O)N1CCN(Cc2ccccc2)CC1. The first-order valence-corrected chi connectivity index (χ1v) is 9.51. The Morgan fingerprint density at radius 2 is 1.81 bits per heavy atom. The van der Waals surface area contributed by atoms with Gasteiger partial charge in [-0.3, -0.25) is 9.69 Å². The van der Waals surface area contributed by atoms with E-state index >= 15 is 0 Å². The van der Waals surface area contributed by atoms with Crippen molar-refractivity contribution in [1.82, 2.24) is 9.80 Å². The zero-order valence-corrected chi connectivity index (χ0v) is 15.9. The van der Waals surface area contributed by atoms with Gasteiger partial charge in [0.1, 0.15) is 5.75 Å². The van der Waals surface area contributed by atoms with E-state index in [-0.39, 0.29) is 5.91 Å². The fourth-order valence-electron chi connectivity index (χ4n) is 3.18. The van der Waals surface area contributed by atoms with Gasteiger partial charge in [0.15, 0.2) is 6.10 Å². The van der Waals surface area contributed by atoms with Gasteiger partial charge in [-0.1, -0.05) is 54.9 Å². The Labute approximate surface area is 160 Å². The molecule has 0 bridgehead atoms. The number of rotatable bonds is 6.